The molecule has 82 valence electrons. The van der Waals surface area contributed by atoms with Crippen LogP contribution in [-0.4, -0.2) is 14.8 Å². The third-order valence-electron chi connectivity index (χ3n) is 1.93. The number of rotatable bonds is 2. The summed E-state index contributed by atoms with van der Waals surface area (Å²) in [4.78, 5) is 15.6. The predicted octanol–water partition coefficient (Wildman–Crippen LogP) is 2.05. The Hall–Kier alpha value is -0.760. The van der Waals surface area contributed by atoms with Crippen LogP contribution in [0.4, 0.5) is 0 Å². The van der Waals surface area contributed by atoms with Crippen molar-refractivity contribution in [2.45, 2.75) is 6.54 Å². The molecule has 2 heterocycles. The fourth-order valence-electron chi connectivity index (χ4n) is 1.25. The zero-order valence-corrected chi connectivity index (χ0v) is 11.8. The van der Waals surface area contributed by atoms with Crippen molar-refractivity contribution in [3.8, 4) is 0 Å². The monoisotopic (exact) mass is 391 g/mol. The van der Waals surface area contributed by atoms with E-state index in [2.05, 4.69) is 48.6 Å². The Bertz CT molecular complexity index is 570. The van der Waals surface area contributed by atoms with E-state index < -0.39 is 0 Å². The Morgan fingerprint density at radius 1 is 1.31 bits per heavy atom. The molecule has 0 amide bonds. The standard InChI is InChI=1S/C10H7BrIN3O/c11-8-1-7(3-13-4-8)6-15-10(16)2-9(12)5-14-15/h1-5H,6H2. The van der Waals surface area contributed by atoms with Crippen LogP contribution >= 0.6 is 38.5 Å². The summed E-state index contributed by atoms with van der Waals surface area (Å²) in [6, 6.07) is 3.47. The molecule has 0 saturated heterocycles. The molecule has 0 aromatic carbocycles. The average molecular weight is 392 g/mol. The molecule has 0 aliphatic rings. The van der Waals surface area contributed by atoms with Crippen LogP contribution < -0.4 is 5.56 Å². The second kappa shape index (κ2) is 5.05. The number of pyridine rings is 1. The van der Waals surface area contributed by atoms with Crippen LogP contribution in [0.3, 0.4) is 0 Å². The van der Waals surface area contributed by atoms with Gasteiger partial charge in [-0.2, -0.15) is 5.10 Å². The summed E-state index contributed by atoms with van der Waals surface area (Å²) < 4.78 is 3.14. The summed E-state index contributed by atoms with van der Waals surface area (Å²) in [5.41, 5.74) is 0.831. The molecule has 16 heavy (non-hydrogen) atoms. The number of halogens is 2. The SMILES string of the molecule is O=c1cc(I)cnn1Cc1cncc(Br)c1. The first kappa shape index (κ1) is 11.7. The van der Waals surface area contributed by atoms with Crippen molar-refractivity contribution in [2.24, 2.45) is 0 Å². The van der Waals surface area contributed by atoms with E-state index in [0.717, 1.165) is 13.6 Å². The molecule has 0 atom stereocenters. The summed E-state index contributed by atoms with van der Waals surface area (Å²) in [5.74, 6) is 0. The van der Waals surface area contributed by atoms with Crippen molar-refractivity contribution in [2.75, 3.05) is 0 Å². The quantitative estimate of drug-likeness (QED) is 0.736. The van der Waals surface area contributed by atoms with Gasteiger partial charge >= 0.3 is 0 Å². The Kier molecular flexibility index (Phi) is 3.70. The molecular weight excluding hydrogens is 385 g/mol. The molecular formula is C10H7BrIN3O. The Balaban J connectivity index is 2.31. The van der Waals surface area contributed by atoms with Gasteiger partial charge in [0.05, 0.1) is 12.7 Å². The highest BCUT2D eigenvalue weighted by atomic mass is 127. The van der Waals surface area contributed by atoms with Crippen molar-refractivity contribution < 1.29 is 0 Å². The van der Waals surface area contributed by atoms with Gasteiger partial charge in [0.25, 0.3) is 5.56 Å². The van der Waals surface area contributed by atoms with Crippen LogP contribution in [0.2, 0.25) is 0 Å². The Morgan fingerprint density at radius 3 is 2.81 bits per heavy atom. The zero-order chi connectivity index (χ0) is 11.5. The first-order chi connectivity index (χ1) is 7.65. The minimum Gasteiger partial charge on any atom is -0.268 e. The molecule has 2 aromatic heterocycles. The topological polar surface area (TPSA) is 47.8 Å². The average Bonchev–Trinajstić information content (AvgIpc) is 2.22. The Morgan fingerprint density at radius 2 is 2.12 bits per heavy atom. The molecule has 0 aliphatic carbocycles. The molecule has 6 heteroatoms. The molecule has 4 nitrogen and oxygen atoms in total. The van der Waals surface area contributed by atoms with Crippen LogP contribution in [-0.2, 0) is 6.54 Å². The predicted molar refractivity (Wildman–Crippen MR) is 72.3 cm³/mol. The lowest BCUT2D eigenvalue weighted by atomic mass is 10.3. The van der Waals surface area contributed by atoms with E-state index in [1.165, 1.54) is 4.68 Å². The molecule has 0 saturated carbocycles. The van der Waals surface area contributed by atoms with Crippen LogP contribution in [0.5, 0.6) is 0 Å². The maximum absolute atomic E-state index is 11.6. The van der Waals surface area contributed by atoms with E-state index >= 15 is 0 Å². The molecule has 0 fully saturated rings. The summed E-state index contributed by atoms with van der Waals surface area (Å²) in [7, 11) is 0. The van der Waals surface area contributed by atoms with Gasteiger partial charge in [0.2, 0.25) is 0 Å². The van der Waals surface area contributed by atoms with Gasteiger partial charge in [0.1, 0.15) is 0 Å². The molecule has 0 N–H and O–H groups in total. The lowest BCUT2D eigenvalue weighted by molar-refractivity contribution is 0.635. The van der Waals surface area contributed by atoms with Crippen LogP contribution in [0.15, 0.2) is 40.0 Å². The molecule has 2 rings (SSSR count). The van der Waals surface area contributed by atoms with Gasteiger partial charge in [-0.05, 0) is 50.2 Å². The highest BCUT2D eigenvalue weighted by molar-refractivity contribution is 14.1. The van der Waals surface area contributed by atoms with Crippen LogP contribution in [0.1, 0.15) is 5.56 Å². The first-order valence-corrected chi connectivity index (χ1v) is 6.34. The fourth-order valence-corrected chi connectivity index (χ4v) is 2.05. The largest absolute Gasteiger partial charge is 0.268 e. The normalized spacial score (nSPS) is 10.4. The molecule has 0 unspecified atom stereocenters. The summed E-state index contributed by atoms with van der Waals surface area (Å²) in [5, 5.41) is 4.06. The van der Waals surface area contributed by atoms with Gasteiger partial charge in [-0.15, -0.1) is 0 Å². The van der Waals surface area contributed by atoms with Gasteiger partial charge in [-0.1, -0.05) is 0 Å². The smallest absolute Gasteiger partial charge is 0.268 e. The second-order valence-corrected chi connectivity index (χ2v) is 5.34. The fraction of sp³-hybridized carbons (Fsp3) is 0.100. The maximum Gasteiger partial charge on any atom is 0.268 e. The van der Waals surface area contributed by atoms with Gasteiger partial charge < -0.3 is 0 Å². The second-order valence-electron chi connectivity index (χ2n) is 3.18. The van der Waals surface area contributed by atoms with Gasteiger partial charge in [-0.25, -0.2) is 4.68 Å². The lowest BCUT2D eigenvalue weighted by Crippen LogP contribution is -2.22. The minimum absolute atomic E-state index is 0.105. The number of hydrogen-bond donors (Lipinski definition) is 0. The molecule has 0 bridgehead atoms. The summed E-state index contributed by atoms with van der Waals surface area (Å²) in [6.45, 7) is 0.433. The van der Waals surface area contributed by atoms with Crippen LogP contribution in [0.25, 0.3) is 0 Å². The first-order valence-electron chi connectivity index (χ1n) is 4.47. The lowest BCUT2D eigenvalue weighted by Gasteiger charge is -2.04. The van der Waals surface area contributed by atoms with Crippen molar-refractivity contribution in [1.29, 1.82) is 0 Å². The van der Waals surface area contributed by atoms with Gasteiger partial charge in [0.15, 0.2) is 0 Å². The Labute approximate surface area is 114 Å². The van der Waals surface area contributed by atoms with E-state index in [1.54, 1.807) is 24.7 Å². The third-order valence-corrected chi connectivity index (χ3v) is 2.95. The van der Waals surface area contributed by atoms with Crippen molar-refractivity contribution in [1.82, 2.24) is 14.8 Å². The van der Waals surface area contributed by atoms with Crippen LogP contribution in [0, 0.1) is 3.57 Å². The molecule has 0 aliphatic heterocycles. The molecule has 0 radical (unpaired) electrons. The van der Waals surface area contributed by atoms with E-state index in [-0.39, 0.29) is 5.56 Å². The summed E-state index contributed by atoms with van der Waals surface area (Å²) >= 11 is 5.40. The van der Waals surface area contributed by atoms with Crippen molar-refractivity contribution in [3.05, 3.63) is 54.7 Å². The molecule has 0 spiro atoms. The van der Waals surface area contributed by atoms with E-state index in [0.29, 0.717) is 6.54 Å². The van der Waals surface area contributed by atoms with Crippen molar-refractivity contribution in [3.63, 3.8) is 0 Å². The maximum atomic E-state index is 11.6. The number of aromatic nitrogens is 3. The molecule has 2 aromatic rings. The number of nitrogens with zero attached hydrogens (tertiary/aromatic N) is 3. The highest BCUT2D eigenvalue weighted by Gasteiger charge is 2.01. The number of hydrogen-bond acceptors (Lipinski definition) is 3. The van der Waals surface area contributed by atoms with Gasteiger partial charge in [0, 0.05) is 26.5 Å². The zero-order valence-electron chi connectivity index (χ0n) is 8.10. The van der Waals surface area contributed by atoms with Gasteiger partial charge in [-0.3, -0.25) is 9.78 Å². The summed E-state index contributed by atoms with van der Waals surface area (Å²) in [6.07, 6.45) is 5.08. The minimum atomic E-state index is -0.105. The van der Waals surface area contributed by atoms with E-state index in [4.69, 9.17) is 0 Å². The van der Waals surface area contributed by atoms with E-state index in [9.17, 15) is 4.79 Å². The highest BCUT2D eigenvalue weighted by Crippen LogP contribution is 2.09. The van der Waals surface area contributed by atoms with Crippen molar-refractivity contribution >= 4 is 38.5 Å². The van der Waals surface area contributed by atoms with E-state index in [1.807, 2.05) is 6.07 Å². The third kappa shape index (κ3) is 2.88.